The number of sulfone groups is 1. The molecule has 0 atom stereocenters. The number of alkyl halides is 4. The van der Waals surface area contributed by atoms with E-state index in [0.717, 1.165) is 6.26 Å². The number of carbonyl (C=O) groups is 1. The zero-order valence-electron chi connectivity index (χ0n) is 14.0. The predicted octanol–water partition coefficient (Wildman–Crippen LogP) is 0.198. The van der Waals surface area contributed by atoms with Crippen LogP contribution in [0.2, 0.25) is 0 Å². The van der Waals surface area contributed by atoms with Crippen molar-refractivity contribution >= 4 is 15.7 Å². The lowest BCUT2D eigenvalue weighted by Crippen LogP contribution is -2.61. The number of nitrogens with zero attached hydrogens (tertiary/aromatic N) is 2. The highest BCUT2D eigenvalue weighted by Crippen LogP contribution is 2.31. The van der Waals surface area contributed by atoms with Gasteiger partial charge >= 0.3 is 12.3 Å². The smallest absolute Gasteiger partial charge is 0.319 e. The molecule has 2 aliphatic heterocycles. The molecule has 2 fully saturated rings. The summed E-state index contributed by atoms with van der Waals surface area (Å²) < 4.78 is 73.8. The van der Waals surface area contributed by atoms with Gasteiger partial charge in [0.05, 0.1) is 6.54 Å². The van der Waals surface area contributed by atoms with Crippen molar-refractivity contribution in [2.24, 2.45) is 0 Å². The number of piperidine rings is 1. The van der Waals surface area contributed by atoms with E-state index in [0.29, 0.717) is 13.1 Å². The fraction of sp³-hybridized carbons (Fsp3) is 0.929. The molecule has 6 nitrogen and oxygen atoms in total. The maximum Gasteiger partial charge on any atom is 0.319 e. The van der Waals surface area contributed by atoms with Crippen molar-refractivity contribution in [3.63, 3.8) is 0 Å². The zero-order valence-corrected chi connectivity index (χ0v) is 14.8. The Morgan fingerprint density at radius 1 is 1.16 bits per heavy atom. The Morgan fingerprint density at radius 2 is 1.68 bits per heavy atom. The molecule has 0 aromatic carbocycles. The molecule has 0 aromatic heterocycles. The molecule has 0 radical (unpaired) electrons. The normalized spacial score (nSPS) is 23.0. The molecule has 1 N–H and O–H groups in total. The number of rotatable bonds is 5. The van der Waals surface area contributed by atoms with Gasteiger partial charge in [0.2, 0.25) is 5.91 Å². The molecule has 2 aliphatic rings. The fourth-order valence-corrected chi connectivity index (χ4v) is 4.73. The van der Waals surface area contributed by atoms with Crippen molar-refractivity contribution in [1.29, 1.82) is 0 Å². The minimum atomic E-state index is -4.10. The van der Waals surface area contributed by atoms with Crippen LogP contribution in [0, 0.1) is 0 Å². The van der Waals surface area contributed by atoms with Crippen LogP contribution < -0.4 is 5.32 Å². The third kappa shape index (κ3) is 4.25. The van der Waals surface area contributed by atoms with E-state index >= 15 is 0 Å². The molecule has 0 bridgehead atoms. The van der Waals surface area contributed by atoms with Gasteiger partial charge in [-0.1, -0.05) is 0 Å². The summed E-state index contributed by atoms with van der Waals surface area (Å²) in [7, 11) is -3.65. The maximum absolute atomic E-state index is 13.1. The Kier molecular flexibility index (Phi) is 5.99. The molecule has 0 aliphatic carbocycles. The third-order valence-electron chi connectivity index (χ3n) is 4.92. The zero-order chi connectivity index (χ0) is 18.9. The summed E-state index contributed by atoms with van der Waals surface area (Å²) in [6.45, 7) is -0.170. The van der Waals surface area contributed by atoms with Crippen LogP contribution in [0.15, 0.2) is 0 Å². The second-order valence-corrected chi connectivity index (χ2v) is 8.97. The van der Waals surface area contributed by atoms with E-state index in [1.165, 1.54) is 9.80 Å². The fourth-order valence-electron chi connectivity index (χ4n) is 3.34. The van der Waals surface area contributed by atoms with Crippen molar-refractivity contribution in [1.82, 2.24) is 15.1 Å². The first kappa shape index (κ1) is 20.4. The van der Waals surface area contributed by atoms with Crippen LogP contribution in [0.5, 0.6) is 0 Å². The van der Waals surface area contributed by atoms with Crippen molar-refractivity contribution in [3.05, 3.63) is 0 Å². The third-order valence-corrected chi connectivity index (χ3v) is 6.93. The predicted molar refractivity (Wildman–Crippen MR) is 83.6 cm³/mol. The Morgan fingerprint density at radius 3 is 2.12 bits per heavy atom. The number of hydrogen-bond acceptors (Lipinski definition) is 5. The molecule has 0 spiro atoms. The summed E-state index contributed by atoms with van der Waals surface area (Å²) in [5.41, 5.74) is 0. The number of nitrogens with one attached hydrogen (secondary N) is 1. The van der Waals surface area contributed by atoms with Crippen molar-refractivity contribution < 1.29 is 30.8 Å². The molecule has 25 heavy (non-hydrogen) atoms. The van der Waals surface area contributed by atoms with Crippen LogP contribution in [0.4, 0.5) is 17.6 Å². The summed E-state index contributed by atoms with van der Waals surface area (Å²) in [4.78, 5) is 15.4. The highest BCUT2D eigenvalue weighted by Gasteiger charge is 2.51. The Labute approximate surface area is 144 Å². The van der Waals surface area contributed by atoms with Gasteiger partial charge in [0.1, 0.15) is 0 Å². The Bertz CT molecular complexity index is 586. The molecular formula is C14H23F4N3O3S. The lowest BCUT2D eigenvalue weighted by molar-refractivity contribution is -0.149. The van der Waals surface area contributed by atoms with E-state index in [4.69, 9.17) is 0 Å². The van der Waals surface area contributed by atoms with E-state index < -0.39 is 39.4 Å². The van der Waals surface area contributed by atoms with Gasteiger partial charge in [-0.2, -0.15) is 8.78 Å². The average molecular weight is 389 g/mol. The van der Waals surface area contributed by atoms with Crippen LogP contribution in [-0.2, 0) is 14.6 Å². The van der Waals surface area contributed by atoms with Gasteiger partial charge in [0, 0.05) is 32.4 Å². The van der Waals surface area contributed by atoms with Gasteiger partial charge in [-0.25, -0.2) is 17.2 Å². The minimum Gasteiger partial charge on any atom is -0.339 e. The summed E-state index contributed by atoms with van der Waals surface area (Å²) in [6.07, 6.45) is -2.38. The van der Waals surface area contributed by atoms with Crippen molar-refractivity contribution in [2.75, 3.05) is 52.1 Å². The molecule has 2 rings (SSSR count). The molecule has 0 unspecified atom stereocenters. The van der Waals surface area contributed by atoms with Gasteiger partial charge in [0.25, 0.3) is 0 Å². The summed E-state index contributed by atoms with van der Waals surface area (Å²) in [6, 6.07) is 0. The van der Waals surface area contributed by atoms with Crippen LogP contribution in [0.3, 0.4) is 0 Å². The summed E-state index contributed by atoms with van der Waals surface area (Å²) in [5, 5.41) is 3.01. The van der Waals surface area contributed by atoms with E-state index in [9.17, 15) is 30.8 Å². The number of piperazine rings is 1. The molecule has 2 heterocycles. The second kappa shape index (κ2) is 7.36. The van der Waals surface area contributed by atoms with Gasteiger partial charge in [-0.15, -0.1) is 0 Å². The van der Waals surface area contributed by atoms with E-state index in [1.54, 1.807) is 0 Å². The van der Waals surface area contributed by atoms with Crippen LogP contribution in [0.1, 0.15) is 12.8 Å². The van der Waals surface area contributed by atoms with Gasteiger partial charge in [-0.05, 0) is 25.9 Å². The Hall–Kier alpha value is -0.940. The second-order valence-electron chi connectivity index (χ2n) is 6.65. The lowest BCUT2D eigenvalue weighted by Gasteiger charge is -2.42. The molecular weight excluding hydrogens is 366 g/mol. The van der Waals surface area contributed by atoms with Gasteiger partial charge in [0.15, 0.2) is 14.6 Å². The largest absolute Gasteiger partial charge is 0.339 e. The number of hydrogen-bond donors (Lipinski definition) is 1. The number of amides is 1. The summed E-state index contributed by atoms with van der Waals surface area (Å²) >= 11 is 0. The van der Waals surface area contributed by atoms with Crippen molar-refractivity contribution in [3.8, 4) is 0 Å². The molecule has 0 saturated carbocycles. The molecule has 11 heteroatoms. The van der Waals surface area contributed by atoms with Crippen LogP contribution in [-0.4, -0.2) is 93.3 Å². The van der Waals surface area contributed by atoms with E-state index in [2.05, 4.69) is 5.32 Å². The van der Waals surface area contributed by atoms with Crippen LogP contribution >= 0.6 is 0 Å². The molecule has 0 aromatic rings. The number of halogens is 4. The summed E-state index contributed by atoms with van der Waals surface area (Å²) in [5.74, 6) is -4.62. The minimum absolute atomic E-state index is 0.00609. The first-order valence-electron chi connectivity index (χ1n) is 8.08. The number of carbonyl (C=O) groups excluding carboxylic acids is 1. The first-order valence-corrected chi connectivity index (χ1v) is 9.97. The maximum atomic E-state index is 13.1. The standard InChI is InChI=1S/C14H23F4N3O3S/c1-25(23,24)13(2-4-19-5-3-13)12(22)21-8-6-20(7-9-21)10-14(17,18)11(15)16/h11,19H,2-10H2,1H3. The Balaban J connectivity index is 2.03. The highest BCUT2D eigenvalue weighted by atomic mass is 32.2. The molecule has 2 saturated heterocycles. The average Bonchev–Trinajstić information content (AvgIpc) is 2.54. The topological polar surface area (TPSA) is 69.7 Å². The molecule has 146 valence electrons. The van der Waals surface area contributed by atoms with E-state index in [1.807, 2.05) is 0 Å². The first-order chi connectivity index (χ1) is 11.5. The monoisotopic (exact) mass is 389 g/mol. The van der Waals surface area contributed by atoms with Gasteiger partial charge in [-0.3, -0.25) is 9.69 Å². The van der Waals surface area contributed by atoms with E-state index in [-0.39, 0.29) is 39.0 Å². The van der Waals surface area contributed by atoms with Crippen LogP contribution in [0.25, 0.3) is 0 Å². The lowest BCUT2D eigenvalue weighted by atomic mass is 9.95. The quantitative estimate of drug-likeness (QED) is 0.681. The molecule has 1 amide bonds. The SMILES string of the molecule is CS(=O)(=O)C1(C(=O)N2CCN(CC(F)(F)C(F)F)CC2)CCNCC1. The van der Waals surface area contributed by atoms with Gasteiger partial charge < -0.3 is 10.2 Å². The highest BCUT2D eigenvalue weighted by molar-refractivity contribution is 7.92. The van der Waals surface area contributed by atoms with Crippen molar-refractivity contribution in [2.45, 2.75) is 29.9 Å².